The third-order valence-electron chi connectivity index (χ3n) is 3.76. The lowest BCUT2D eigenvalue weighted by Gasteiger charge is -2.26. The first-order valence-electron chi connectivity index (χ1n) is 7.45. The smallest absolute Gasteiger partial charge is 0.251 e. The number of likely N-dealkylation sites (tertiary alicyclic amines) is 1. The number of hydrogen-bond acceptors (Lipinski definition) is 2. The number of nitrogens with zero attached hydrogens (tertiary/aromatic N) is 1. The molecule has 1 saturated heterocycles. The molecule has 2 rings (SSSR count). The van der Waals surface area contributed by atoms with Crippen LogP contribution >= 0.6 is 11.6 Å². The fraction of sp³-hybridized carbons (Fsp3) is 0.562. The molecule has 0 aromatic heterocycles. The molecule has 1 N–H and O–H groups in total. The lowest BCUT2D eigenvalue weighted by Crippen LogP contribution is -2.33. The lowest BCUT2D eigenvalue weighted by molar-refractivity contribution is 0.0951. The molecule has 0 aliphatic carbocycles. The van der Waals surface area contributed by atoms with Crippen LogP contribution in [0.4, 0.5) is 0 Å². The lowest BCUT2D eigenvalue weighted by atomic mass is 10.1. The zero-order chi connectivity index (χ0) is 14.2. The maximum absolute atomic E-state index is 11.9. The summed E-state index contributed by atoms with van der Waals surface area (Å²) in [5.41, 5.74) is 1.74. The molecule has 110 valence electrons. The van der Waals surface area contributed by atoms with Crippen LogP contribution in [0.1, 0.15) is 41.6 Å². The van der Waals surface area contributed by atoms with Gasteiger partial charge in [0.1, 0.15) is 0 Å². The highest BCUT2D eigenvalue weighted by molar-refractivity contribution is 6.17. The summed E-state index contributed by atoms with van der Waals surface area (Å²) in [4.78, 5) is 14.4. The van der Waals surface area contributed by atoms with Crippen LogP contribution in [-0.4, -0.2) is 37.0 Å². The molecule has 1 aromatic carbocycles. The Hall–Kier alpha value is -1.06. The Kier molecular flexibility index (Phi) is 6.34. The van der Waals surface area contributed by atoms with Crippen molar-refractivity contribution in [3.63, 3.8) is 0 Å². The minimum atomic E-state index is 0.00441. The largest absolute Gasteiger partial charge is 0.352 e. The van der Waals surface area contributed by atoms with E-state index in [4.69, 9.17) is 11.6 Å². The number of benzene rings is 1. The van der Waals surface area contributed by atoms with E-state index in [0.29, 0.717) is 11.4 Å². The molecule has 0 saturated carbocycles. The molecule has 0 spiro atoms. The van der Waals surface area contributed by atoms with E-state index in [1.165, 1.54) is 32.4 Å². The second-order valence-electron chi connectivity index (χ2n) is 5.34. The van der Waals surface area contributed by atoms with Crippen molar-refractivity contribution in [2.24, 2.45) is 0 Å². The summed E-state index contributed by atoms with van der Waals surface area (Å²) >= 11 is 5.73. The molecule has 3 nitrogen and oxygen atoms in total. The number of rotatable bonds is 6. The third kappa shape index (κ3) is 4.80. The molecule has 1 heterocycles. The maximum Gasteiger partial charge on any atom is 0.251 e. The van der Waals surface area contributed by atoms with Gasteiger partial charge in [-0.05, 0) is 56.6 Å². The van der Waals surface area contributed by atoms with Gasteiger partial charge in [-0.1, -0.05) is 18.6 Å². The van der Waals surface area contributed by atoms with Crippen molar-refractivity contribution >= 4 is 17.5 Å². The third-order valence-corrected chi connectivity index (χ3v) is 4.06. The predicted molar refractivity (Wildman–Crippen MR) is 83.2 cm³/mol. The molecular weight excluding hydrogens is 272 g/mol. The summed E-state index contributed by atoms with van der Waals surface area (Å²) in [5, 5.41) is 2.98. The zero-order valence-electron chi connectivity index (χ0n) is 11.9. The topological polar surface area (TPSA) is 32.3 Å². The van der Waals surface area contributed by atoms with E-state index in [0.717, 1.165) is 25.1 Å². The average molecular weight is 295 g/mol. The van der Waals surface area contributed by atoms with E-state index < -0.39 is 0 Å². The van der Waals surface area contributed by atoms with E-state index in [1.54, 1.807) is 0 Å². The highest BCUT2D eigenvalue weighted by atomic mass is 35.5. The number of carbonyl (C=O) groups is 1. The second kappa shape index (κ2) is 8.28. The van der Waals surface area contributed by atoms with Crippen LogP contribution < -0.4 is 5.32 Å². The van der Waals surface area contributed by atoms with Gasteiger partial charge in [0.15, 0.2) is 0 Å². The number of halogens is 1. The molecule has 1 aliphatic heterocycles. The summed E-state index contributed by atoms with van der Waals surface area (Å²) in [7, 11) is 0. The van der Waals surface area contributed by atoms with Crippen LogP contribution in [0.15, 0.2) is 24.3 Å². The quantitative estimate of drug-likeness (QED) is 0.646. The van der Waals surface area contributed by atoms with E-state index in [2.05, 4.69) is 10.2 Å². The van der Waals surface area contributed by atoms with Gasteiger partial charge < -0.3 is 10.2 Å². The summed E-state index contributed by atoms with van der Waals surface area (Å²) in [6.07, 6.45) is 5.02. The van der Waals surface area contributed by atoms with Gasteiger partial charge in [0, 0.05) is 18.0 Å². The molecule has 20 heavy (non-hydrogen) atoms. The Balaban J connectivity index is 1.66. The van der Waals surface area contributed by atoms with Gasteiger partial charge in [-0.15, -0.1) is 11.6 Å². The molecule has 0 radical (unpaired) electrons. The Labute approximate surface area is 126 Å². The molecule has 0 bridgehead atoms. The first-order valence-corrected chi connectivity index (χ1v) is 7.98. The highest BCUT2D eigenvalue weighted by Gasteiger charge is 2.09. The zero-order valence-corrected chi connectivity index (χ0v) is 12.7. The average Bonchev–Trinajstić information content (AvgIpc) is 2.52. The van der Waals surface area contributed by atoms with Crippen LogP contribution in [0.3, 0.4) is 0 Å². The summed E-state index contributed by atoms with van der Waals surface area (Å²) in [5.74, 6) is 0.488. The SMILES string of the molecule is O=C(NCCCN1CCCCC1)c1ccc(CCl)cc1. The van der Waals surface area contributed by atoms with Crippen LogP contribution in [0, 0.1) is 0 Å². The van der Waals surface area contributed by atoms with Gasteiger partial charge in [0.25, 0.3) is 5.91 Å². The van der Waals surface area contributed by atoms with Crippen molar-refractivity contribution in [1.82, 2.24) is 10.2 Å². The Morgan fingerprint density at radius 2 is 1.85 bits per heavy atom. The first-order chi connectivity index (χ1) is 9.79. The predicted octanol–water partition coefficient (Wildman–Crippen LogP) is 3.03. The van der Waals surface area contributed by atoms with Crippen molar-refractivity contribution in [2.45, 2.75) is 31.6 Å². The van der Waals surface area contributed by atoms with Gasteiger partial charge in [-0.25, -0.2) is 0 Å². The summed E-state index contributed by atoms with van der Waals surface area (Å²) in [6.45, 7) is 4.26. The highest BCUT2D eigenvalue weighted by Crippen LogP contribution is 2.09. The van der Waals surface area contributed by atoms with Gasteiger partial charge in [0.05, 0.1) is 0 Å². The summed E-state index contributed by atoms with van der Waals surface area (Å²) < 4.78 is 0. The number of piperidine rings is 1. The van der Waals surface area contributed by atoms with Crippen molar-refractivity contribution in [3.05, 3.63) is 35.4 Å². The fourth-order valence-electron chi connectivity index (χ4n) is 2.53. The van der Waals surface area contributed by atoms with Crippen molar-refractivity contribution in [3.8, 4) is 0 Å². The summed E-state index contributed by atoms with van der Waals surface area (Å²) in [6, 6.07) is 7.46. The Bertz CT molecular complexity index is 413. The molecule has 0 unspecified atom stereocenters. The number of hydrogen-bond donors (Lipinski definition) is 1. The van der Waals surface area contributed by atoms with Crippen molar-refractivity contribution in [2.75, 3.05) is 26.2 Å². The number of alkyl halides is 1. The first kappa shape index (κ1) is 15.3. The van der Waals surface area contributed by atoms with Crippen molar-refractivity contribution in [1.29, 1.82) is 0 Å². The van der Waals surface area contributed by atoms with Gasteiger partial charge >= 0.3 is 0 Å². The fourth-order valence-corrected chi connectivity index (χ4v) is 2.71. The van der Waals surface area contributed by atoms with E-state index in [9.17, 15) is 4.79 Å². The van der Waals surface area contributed by atoms with Gasteiger partial charge in [-0.3, -0.25) is 4.79 Å². The van der Waals surface area contributed by atoms with E-state index >= 15 is 0 Å². The van der Waals surface area contributed by atoms with E-state index in [1.807, 2.05) is 24.3 Å². The van der Waals surface area contributed by atoms with Crippen LogP contribution in [0.5, 0.6) is 0 Å². The second-order valence-corrected chi connectivity index (χ2v) is 5.61. The van der Waals surface area contributed by atoms with Gasteiger partial charge in [-0.2, -0.15) is 0 Å². The van der Waals surface area contributed by atoms with Crippen LogP contribution in [-0.2, 0) is 5.88 Å². The minimum absolute atomic E-state index is 0.00441. The van der Waals surface area contributed by atoms with E-state index in [-0.39, 0.29) is 5.91 Å². The normalized spacial score (nSPS) is 16.1. The number of nitrogens with one attached hydrogen (secondary N) is 1. The molecule has 1 amide bonds. The van der Waals surface area contributed by atoms with Crippen LogP contribution in [0.2, 0.25) is 0 Å². The molecule has 1 aliphatic rings. The molecule has 1 aromatic rings. The van der Waals surface area contributed by atoms with Crippen LogP contribution in [0.25, 0.3) is 0 Å². The Morgan fingerprint density at radius 1 is 1.15 bits per heavy atom. The maximum atomic E-state index is 11.9. The van der Waals surface area contributed by atoms with Crippen molar-refractivity contribution < 1.29 is 4.79 Å². The minimum Gasteiger partial charge on any atom is -0.352 e. The number of amides is 1. The monoisotopic (exact) mass is 294 g/mol. The van der Waals surface area contributed by atoms with Gasteiger partial charge in [0.2, 0.25) is 0 Å². The molecule has 1 fully saturated rings. The standard InChI is InChI=1S/C16H23ClN2O/c17-13-14-5-7-15(8-6-14)16(20)18-9-4-12-19-10-2-1-3-11-19/h5-8H,1-4,9-13H2,(H,18,20). The molecular formula is C16H23ClN2O. The molecule has 0 atom stereocenters. The Morgan fingerprint density at radius 3 is 2.50 bits per heavy atom. The number of carbonyl (C=O) groups excluding carboxylic acids is 1. The molecule has 4 heteroatoms.